The van der Waals surface area contributed by atoms with Crippen molar-refractivity contribution >= 4 is 22.9 Å². The Morgan fingerprint density at radius 2 is 2.18 bits per heavy atom. The molecule has 6 heteroatoms. The second-order valence-corrected chi connectivity index (χ2v) is 3.69. The van der Waals surface area contributed by atoms with Crippen LogP contribution in [0.25, 0.3) is 0 Å². The molecule has 1 aliphatic rings. The predicted octanol–water partition coefficient (Wildman–Crippen LogP) is 1.86. The molecule has 17 heavy (non-hydrogen) atoms. The van der Waals surface area contributed by atoms with Crippen molar-refractivity contribution in [1.82, 2.24) is 5.43 Å². The summed E-state index contributed by atoms with van der Waals surface area (Å²) in [5, 5.41) is 15.3. The molecule has 1 heterocycles. The number of nitrogens with zero attached hydrogens (tertiary/aromatic N) is 2. The molecular formula is C11H12FN5. The van der Waals surface area contributed by atoms with Crippen LogP contribution in [0.4, 0.5) is 10.1 Å². The fourth-order valence-electron chi connectivity index (χ4n) is 1.45. The highest BCUT2D eigenvalue weighted by molar-refractivity contribution is 6.69. The van der Waals surface area contributed by atoms with E-state index in [1.165, 1.54) is 6.07 Å². The summed E-state index contributed by atoms with van der Waals surface area (Å²) in [6.07, 6.45) is 0. The van der Waals surface area contributed by atoms with E-state index in [2.05, 4.69) is 21.1 Å². The van der Waals surface area contributed by atoms with E-state index < -0.39 is 0 Å². The second-order valence-electron chi connectivity index (χ2n) is 3.69. The molecule has 0 saturated heterocycles. The Balaban J connectivity index is 2.26. The van der Waals surface area contributed by atoms with Crippen LogP contribution in [-0.4, -0.2) is 17.3 Å². The molecule has 1 aliphatic heterocycles. The van der Waals surface area contributed by atoms with E-state index >= 15 is 0 Å². The number of benzene rings is 1. The molecule has 0 unspecified atom stereocenters. The Labute approximate surface area is 97.9 Å². The first-order chi connectivity index (χ1) is 8.09. The summed E-state index contributed by atoms with van der Waals surface area (Å²) < 4.78 is 13.5. The molecule has 2 rings (SSSR count). The van der Waals surface area contributed by atoms with E-state index in [4.69, 9.17) is 5.41 Å². The van der Waals surface area contributed by atoms with Crippen molar-refractivity contribution in [2.24, 2.45) is 10.2 Å². The van der Waals surface area contributed by atoms with Crippen molar-refractivity contribution in [1.29, 1.82) is 5.41 Å². The van der Waals surface area contributed by atoms with Crippen molar-refractivity contribution in [3.05, 3.63) is 29.6 Å². The monoisotopic (exact) mass is 233 g/mol. The minimum Gasteiger partial charge on any atom is -0.281 e. The topological polar surface area (TPSA) is 72.6 Å². The lowest BCUT2D eigenvalue weighted by Gasteiger charge is -2.06. The van der Waals surface area contributed by atoms with Crippen LogP contribution in [0.1, 0.15) is 12.5 Å². The first-order valence-corrected chi connectivity index (χ1v) is 5.08. The third kappa shape index (κ3) is 2.15. The van der Waals surface area contributed by atoms with E-state index in [1.54, 1.807) is 26.0 Å². The Bertz CT molecular complexity index is 512. The van der Waals surface area contributed by atoms with Gasteiger partial charge in [-0.25, -0.2) is 4.39 Å². The Hall–Kier alpha value is -2.24. The SMILES string of the molecule is CC1=NNC(=N)/C1=N\Nc1c(C)cccc1F. The molecular weight excluding hydrogens is 221 g/mol. The lowest BCUT2D eigenvalue weighted by molar-refractivity contribution is 0.629. The normalized spacial score (nSPS) is 17.0. The van der Waals surface area contributed by atoms with Crippen LogP contribution in [0.2, 0.25) is 0 Å². The van der Waals surface area contributed by atoms with Crippen LogP contribution >= 0.6 is 0 Å². The summed E-state index contributed by atoms with van der Waals surface area (Å²) in [7, 11) is 0. The largest absolute Gasteiger partial charge is 0.281 e. The van der Waals surface area contributed by atoms with Gasteiger partial charge in [0.25, 0.3) is 0 Å². The van der Waals surface area contributed by atoms with Crippen molar-refractivity contribution in [3.8, 4) is 0 Å². The van der Waals surface area contributed by atoms with E-state index in [0.29, 0.717) is 17.1 Å². The third-order valence-corrected chi connectivity index (χ3v) is 2.42. The minimum absolute atomic E-state index is 0.101. The molecule has 0 bridgehead atoms. The number of aryl methyl sites for hydroxylation is 1. The number of hydrazone groups is 2. The lowest BCUT2D eigenvalue weighted by Crippen LogP contribution is -2.22. The highest BCUT2D eigenvalue weighted by Crippen LogP contribution is 2.18. The van der Waals surface area contributed by atoms with Crippen molar-refractivity contribution in [3.63, 3.8) is 0 Å². The zero-order chi connectivity index (χ0) is 12.4. The molecule has 0 saturated carbocycles. The molecule has 0 fully saturated rings. The molecule has 0 spiro atoms. The first kappa shape index (κ1) is 11.3. The molecule has 0 aromatic heterocycles. The Morgan fingerprint density at radius 1 is 1.41 bits per heavy atom. The molecule has 0 aliphatic carbocycles. The minimum atomic E-state index is -0.374. The summed E-state index contributed by atoms with van der Waals surface area (Å²) in [4.78, 5) is 0. The standard InChI is InChI=1S/C11H12FN5/c1-6-4-3-5-8(12)9(6)15-16-10-7(2)14-17-11(10)13/h3-5,15H,1-2H3,(H2,13,16,17). The zero-order valence-corrected chi connectivity index (χ0v) is 9.50. The van der Waals surface area contributed by atoms with Gasteiger partial charge in [0.1, 0.15) is 11.5 Å². The Morgan fingerprint density at radius 3 is 2.76 bits per heavy atom. The number of hydrogen-bond donors (Lipinski definition) is 3. The summed E-state index contributed by atoms with van der Waals surface area (Å²) >= 11 is 0. The van der Waals surface area contributed by atoms with Gasteiger partial charge in [-0.15, -0.1) is 0 Å². The average Bonchev–Trinajstić information content (AvgIpc) is 2.59. The number of halogens is 1. The smallest absolute Gasteiger partial charge is 0.168 e. The molecule has 1 aromatic carbocycles. The van der Waals surface area contributed by atoms with Gasteiger partial charge >= 0.3 is 0 Å². The fourth-order valence-corrected chi connectivity index (χ4v) is 1.45. The number of anilines is 1. The maximum atomic E-state index is 13.5. The summed E-state index contributed by atoms with van der Waals surface area (Å²) in [6, 6.07) is 4.77. The molecule has 0 radical (unpaired) electrons. The van der Waals surface area contributed by atoms with E-state index in [9.17, 15) is 4.39 Å². The van der Waals surface area contributed by atoms with Crippen molar-refractivity contribution < 1.29 is 4.39 Å². The predicted molar refractivity (Wildman–Crippen MR) is 66.2 cm³/mol. The van der Waals surface area contributed by atoms with Crippen LogP contribution in [0, 0.1) is 18.2 Å². The van der Waals surface area contributed by atoms with Gasteiger partial charge in [0.05, 0.1) is 11.4 Å². The maximum absolute atomic E-state index is 13.5. The highest BCUT2D eigenvalue weighted by atomic mass is 19.1. The highest BCUT2D eigenvalue weighted by Gasteiger charge is 2.17. The van der Waals surface area contributed by atoms with Crippen molar-refractivity contribution in [2.45, 2.75) is 13.8 Å². The number of rotatable bonds is 2. The van der Waals surface area contributed by atoms with E-state index in [-0.39, 0.29) is 11.7 Å². The van der Waals surface area contributed by atoms with Crippen LogP contribution in [-0.2, 0) is 0 Å². The van der Waals surface area contributed by atoms with Crippen LogP contribution < -0.4 is 10.9 Å². The van der Waals surface area contributed by atoms with Crippen LogP contribution in [0.5, 0.6) is 0 Å². The molecule has 88 valence electrons. The lowest BCUT2D eigenvalue weighted by atomic mass is 10.2. The average molecular weight is 233 g/mol. The van der Waals surface area contributed by atoms with Crippen LogP contribution in [0.3, 0.4) is 0 Å². The zero-order valence-electron chi connectivity index (χ0n) is 9.50. The van der Waals surface area contributed by atoms with E-state index in [0.717, 1.165) is 5.56 Å². The van der Waals surface area contributed by atoms with Gasteiger partial charge in [-0.1, -0.05) is 12.1 Å². The summed E-state index contributed by atoms with van der Waals surface area (Å²) in [5.74, 6) is -0.273. The quantitative estimate of drug-likeness (QED) is 0.682. The van der Waals surface area contributed by atoms with E-state index in [1.807, 2.05) is 0 Å². The van der Waals surface area contributed by atoms with Gasteiger partial charge in [-0.2, -0.15) is 10.2 Å². The first-order valence-electron chi connectivity index (χ1n) is 5.08. The van der Waals surface area contributed by atoms with Crippen molar-refractivity contribution in [2.75, 3.05) is 5.43 Å². The molecule has 0 atom stereocenters. The third-order valence-electron chi connectivity index (χ3n) is 2.42. The van der Waals surface area contributed by atoms with Gasteiger partial charge in [-0.05, 0) is 25.5 Å². The molecule has 3 N–H and O–H groups in total. The molecule has 0 amide bonds. The number of nitrogens with one attached hydrogen (secondary N) is 3. The second kappa shape index (κ2) is 4.32. The Kier molecular flexibility index (Phi) is 2.86. The van der Waals surface area contributed by atoms with Gasteiger partial charge in [0, 0.05) is 0 Å². The van der Waals surface area contributed by atoms with Gasteiger partial charge in [0.15, 0.2) is 5.84 Å². The van der Waals surface area contributed by atoms with Gasteiger partial charge in [0.2, 0.25) is 0 Å². The summed E-state index contributed by atoms with van der Waals surface area (Å²) in [6.45, 7) is 3.51. The van der Waals surface area contributed by atoms with Gasteiger partial charge < -0.3 is 0 Å². The summed E-state index contributed by atoms with van der Waals surface area (Å²) in [5.41, 5.74) is 7.17. The maximum Gasteiger partial charge on any atom is 0.168 e. The number of para-hydroxylation sites is 1. The number of amidine groups is 1. The van der Waals surface area contributed by atoms with Gasteiger partial charge in [-0.3, -0.25) is 16.3 Å². The van der Waals surface area contributed by atoms with Crippen LogP contribution in [0.15, 0.2) is 28.4 Å². The number of hydrogen-bond acceptors (Lipinski definition) is 4. The molecule has 1 aromatic rings. The molecule has 5 nitrogen and oxygen atoms in total. The fraction of sp³-hybridized carbons (Fsp3) is 0.182.